The molecule has 344 valence electrons. The number of rotatable bonds is 24. The van der Waals surface area contributed by atoms with Crippen LogP contribution in [0.15, 0.2) is 133 Å². The van der Waals surface area contributed by atoms with E-state index in [-0.39, 0.29) is 0 Å². The first-order chi connectivity index (χ1) is 32.5. The Morgan fingerprint density at radius 2 is 0.848 bits per heavy atom. The first-order valence-electron chi connectivity index (χ1n) is 24.8. The van der Waals surface area contributed by atoms with Crippen molar-refractivity contribution in [3.63, 3.8) is 0 Å². The quantitative estimate of drug-likeness (QED) is 0.0565. The number of unbranched alkanes of at least 4 members (excludes halogenated alkanes) is 10. The average molecular weight is 885 g/mol. The highest BCUT2D eigenvalue weighted by atomic mass is 16.5. The summed E-state index contributed by atoms with van der Waals surface area (Å²) in [5.74, 6) is 4.64. The first-order valence-corrected chi connectivity index (χ1v) is 24.8. The molecule has 0 saturated carbocycles. The Bertz CT molecular complexity index is 2390. The summed E-state index contributed by atoms with van der Waals surface area (Å²) in [6, 6.07) is 41.7. The Morgan fingerprint density at radius 3 is 1.27 bits per heavy atom. The van der Waals surface area contributed by atoms with Gasteiger partial charge in [-0.25, -0.2) is 0 Å². The lowest BCUT2D eigenvalue weighted by Gasteiger charge is -2.38. The highest BCUT2D eigenvalue weighted by Gasteiger charge is 2.42. The van der Waals surface area contributed by atoms with E-state index in [9.17, 15) is 0 Å². The van der Waals surface area contributed by atoms with Crippen LogP contribution in [0.4, 0.5) is 0 Å². The summed E-state index contributed by atoms with van der Waals surface area (Å²) >= 11 is 0. The van der Waals surface area contributed by atoms with Crippen molar-refractivity contribution in [1.82, 2.24) is 0 Å². The molecule has 0 saturated heterocycles. The molecule has 0 aliphatic carbocycles. The molecule has 6 nitrogen and oxygen atoms in total. The van der Waals surface area contributed by atoms with Crippen LogP contribution >= 0.6 is 0 Å². The van der Waals surface area contributed by atoms with Gasteiger partial charge in [-0.05, 0) is 92.8 Å². The van der Waals surface area contributed by atoms with E-state index < -0.39 is 11.2 Å². The molecule has 2 aliphatic rings. The Kier molecular flexibility index (Phi) is 15.7. The van der Waals surface area contributed by atoms with Crippen LogP contribution in [0.5, 0.6) is 34.5 Å². The fourth-order valence-electron chi connectivity index (χ4n) is 9.54. The van der Waals surface area contributed by atoms with Gasteiger partial charge in [0.05, 0.1) is 26.4 Å². The molecule has 2 unspecified atom stereocenters. The van der Waals surface area contributed by atoms with Crippen molar-refractivity contribution in [3.05, 3.63) is 167 Å². The maximum absolute atomic E-state index is 7.35. The molecule has 0 amide bonds. The fourth-order valence-corrected chi connectivity index (χ4v) is 9.54. The lowest BCUT2D eigenvalue weighted by atomic mass is 9.81. The van der Waals surface area contributed by atoms with Crippen molar-refractivity contribution in [2.45, 2.75) is 116 Å². The molecule has 2 heterocycles. The SMILES string of the molecule is CCCCCCCCOc1ccc(C2(c3ccccc3)C=Cc3c(ccc4ccc5c(c34)C=CC(c3ccccc3)(c3ccc(OCCCCCCCC)cc3OCC)O5)O2)c(OCC)c1. The normalized spacial score (nSPS) is 17.1. The summed E-state index contributed by atoms with van der Waals surface area (Å²) in [6.07, 6.45) is 23.4. The minimum Gasteiger partial charge on any atom is -0.493 e. The van der Waals surface area contributed by atoms with Crippen LogP contribution in [0.1, 0.15) is 138 Å². The van der Waals surface area contributed by atoms with Gasteiger partial charge in [-0.15, -0.1) is 0 Å². The molecule has 6 aromatic rings. The van der Waals surface area contributed by atoms with Crippen LogP contribution in [0.25, 0.3) is 22.9 Å². The number of hydrogen-bond acceptors (Lipinski definition) is 6. The molecule has 66 heavy (non-hydrogen) atoms. The largest absolute Gasteiger partial charge is 0.493 e. The number of benzene rings is 6. The third-order valence-corrected chi connectivity index (χ3v) is 12.9. The number of hydrogen-bond donors (Lipinski definition) is 0. The number of ether oxygens (including phenoxy) is 6. The molecular formula is C60H68O6. The van der Waals surface area contributed by atoms with Gasteiger partial charge in [-0.2, -0.15) is 0 Å². The van der Waals surface area contributed by atoms with Crippen molar-refractivity contribution in [3.8, 4) is 34.5 Å². The van der Waals surface area contributed by atoms with Gasteiger partial charge in [0.25, 0.3) is 0 Å². The third-order valence-electron chi connectivity index (χ3n) is 12.9. The van der Waals surface area contributed by atoms with E-state index in [4.69, 9.17) is 28.4 Å². The zero-order valence-corrected chi connectivity index (χ0v) is 39.6. The van der Waals surface area contributed by atoms with Crippen LogP contribution < -0.4 is 28.4 Å². The molecule has 0 radical (unpaired) electrons. The van der Waals surface area contributed by atoms with Crippen LogP contribution in [0, 0.1) is 0 Å². The maximum atomic E-state index is 7.35. The molecule has 0 N–H and O–H groups in total. The zero-order valence-electron chi connectivity index (χ0n) is 39.6. The van der Waals surface area contributed by atoms with Crippen molar-refractivity contribution in [2.75, 3.05) is 26.4 Å². The second-order valence-electron chi connectivity index (χ2n) is 17.5. The number of fused-ring (bicyclic) bond motifs is 5. The minimum absolute atomic E-state index is 0.510. The van der Waals surface area contributed by atoms with E-state index in [0.29, 0.717) is 26.4 Å². The second kappa shape index (κ2) is 22.4. The lowest BCUT2D eigenvalue weighted by Crippen LogP contribution is -2.35. The zero-order chi connectivity index (χ0) is 45.6. The van der Waals surface area contributed by atoms with Gasteiger partial charge >= 0.3 is 0 Å². The van der Waals surface area contributed by atoms with Gasteiger partial charge in [0.2, 0.25) is 0 Å². The van der Waals surface area contributed by atoms with Crippen LogP contribution in [-0.4, -0.2) is 26.4 Å². The standard InChI is InChI=1S/C60H68O6/c1-5-9-11-13-15-23-41-63-48-31-33-52(56(43-48)61-7-3)59(46-25-19-17-20-26-46)39-37-50-54(65-59)35-29-45-30-36-55-51(58(45)50)38-40-60(66-55,47-27-21-18-22-28-47)53-34-32-49(44-57(53)62-8-4)64-42-24-16-14-12-10-6-2/h17-22,25-40,43-44H,5-16,23-24,41-42H2,1-4H3. The second-order valence-corrected chi connectivity index (χ2v) is 17.5. The molecule has 8 rings (SSSR count). The molecule has 6 heteroatoms. The van der Waals surface area contributed by atoms with Crippen LogP contribution in [-0.2, 0) is 11.2 Å². The van der Waals surface area contributed by atoms with Crippen LogP contribution in [0.3, 0.4) is 0 Å². The van der Waals surface area contributed by atoms with E-state index in [1.807, 2.05) is 38.1 Å². The molecule has 0 fully saturated rings. The maximum Gasteiger partial charge on any atom is 0.181 e. The molecule has 0 spiro atoms. The molecular weight excluding hydrogens is 817 g/mol. The van der Waals surface area contributed by atoms with Gasteiger partial charge in [0.15, 0.2) is 11.2 Å². The van der Waals surface area contributed by atoms with Crippen molar-refractivity contribution in [1.29, 1.82) is 0 Å². The topological polar surface area (TPSA) is 55.4 Å². The van der Waals surface area contributed by atoms with Gasteiger partial charge in [0, 0.05) is 50.9 Å². The van der Waals surface area contributed by atoms with Gasteiger partial charge in [0.1, 0.15) is 34.5 Å². The Morgan fingerprint density at radius 1 is 0.424 bits per heavy atom. The summed E-state index contributed by atoms with van der Waals surface area (Å²) < 4.78 is 40.1. The predicted octanol–water partition coefficient (Wildman–Crippen LogP) is 15.8. The van der Waals surface area contributed by atoms with Gasteiger partial charge < -0.3 is 28.4 Å². The molecule has 6 aromatic carbocycles. The van der Waals surface area contributed by atoms with Gasteiger partial charge in [-0.1, -0.05) is 151 Å². The van der Waals surface area contributed by atoms with Crippen molar-refractivity contribution in [2.24, 2.45) is 0 Å². The van der Waals surface area contributed by atoms with E-state index >= 15 is 0 Å². The van der Waals surface area contributed by atoms with Gasteiger partial charge in [-0.3, -0.25) is 0 Å². The Hall–Kier alpha value is -6.14. The monoisotopic (exact) mass is 885 g/mol. The molecule has 2 aliphatic heterocycles. The van der Waals surface area contributed by atoms with Crippen molar-refractivity contribution < 1.29 is 28.4 Å². The summed E-state index contributed by atoms with van der Waals surface area (Å²) in [7, 11) is 0. The average Bonchev–Trinajstić information content (AvgIpc) is 3.36. The summed E-state index contributed by atoms with van der Waals surface area (Å²) in [5, 5.41) is 2.16. The highest BCUT2D eigenvalue weighted by molar-refractivity contribution is 6.02. The Labute approximate surface area is 393 Å². The van der Waals surface area contributed by atoms with E-state index in [0.717, 1.165) is 91.5 Å². The first kappa shape index (κ1) is 46.4. The predicted molar refractivity (Wildman–Crippen MR) is 271 cm³/mol. The summed E-state index contributed by atoms with van der Waals surface area (Å²) in [5.41, 5.74) is 3.90. The van der Waals surface area contributed by atoms with E-state index in [1.165, 1.54) is 64.2 Å². The third kappa shape index (κ3) is 10.1. The molecule has 0 bridgehead atoms. The minimum atomic E-state index is -0.964. The Balaban J connectivity index is 1.14. The summed E-state index contributed by atoms with van der Waals surface area (Å²) in [6.45, 7) is 10.9. The van der Waals surface area contributed by atoms with Crippen molar-refractivity contribution >= 4 is 22.9 Å². The smallest absolute Gasteiger partial charge is 0.181 e. The summed E-state index contributed by atoms with van der Waals surface area (Å²) in [4.78, 5) is 0. The van der Waals surface area contributed by atoms with Crippen LogP contribution in [0.2, 0.25) is 0 Å². The van der Waals surface area contributed by atoms with E-state index in [2.05, 4.69) is 135 Å². The fraction of sp³-hybridized carbons (Fsp3) is 0.367. The highest BCUT2D eigenvalue weighted by Crippen LogP contribution is 2.51. The van der Waals surface area contributed by atoms with E-state index in [1.54, 1.807) is 0 Å². The lowest BCUT2D eigenvalue weighted by molar-refractivity contribution is 0.154. The molecule has 0 aromatic heterocycles. The molecule has 2 atom stereocenters.